The van der Waals surface area contributed by atoms with Crippen LogP contribution in [-0.4, -0.2) is 18.5 Å². The summed E-state index contributed by atoms with van der Waals surface area (Å²) in [5.74, 6) is -1.72. The Morgan fingerprint density at radius 3 is 2.69 bits per heavy atom. The second-order valence-electron chi connectivity index (χ2n) is 6.01. The van der Waals surface area contributed by atoms with Crippen LogP contribution in [0.4, 0.5) is 10.1 Å². The summed E-state index contributed by atoms with van der Waals surface area (Å²) < 4.78 is 24.0. The van der Waals surface area contributed by atoms with Gasteiger partial charge in [-0.2, -0.15) is 0 Å². The Bertz CT molecular complexity index is 977. The molecule has 0 aliphatic rings. The van der Waals surface area contributed by atoms with Gasteiger partial charge in [-0.3, -0.25) is 9.59 Å². The molecule has 3 aromatic rings. The molecule has 0 radical (unpaired) electrons. The lowest BCUT2D eigenvalue weighted by atomic mass is 10.0. The van der Waals surface area contributed by atoms with Crippen molar-refractivity contribution >= 4 is 28.5 Å². The maximum atomic E-state index is 13.5. The number of carbonyl (C=O) groups is 2. The first kappa shape index (κ1) is 17.7. The molecule has 0 atom stereocenters. The second-order valence-corrected chi connectivity index (χ2v) is 6.01. The van der Waals surface area contributed by atoms with Gasteiger partial charge >= 0.3 is 5.97 Å². The lowest BCUT2D eigenvalue weighted by molar-refractivity contribution is -0.146. The molecule has 2 aromatic carbocycles. The Kier molecular flexibility index (Phi) is 5.02. The SMILES string of the molecule is Cc1ccc2c(CC(=O)OCC(=O)Nc3ccccc3F)coc2c1C. The number of nitrogens with one attached hydrogen (secondary N) is 1. The molecule has 1 aromatic heterocycles. The number of anilines is 1. The molecule has 0 bridgehead atoms. The minimum absolute atomic E-state index is 0.0114. The molecular weight excluding hydrogens is 337 g/mol. The zero-order chi connectivity index (χ0) is 18.7. The van der Waals surface area contributed by atoms with Crippen LogP contribution in [0.5, 0.6) is 0 Å². The molecule has 3 rings (SSSR count). The Labute approximate surface area is 149 Å². The van der Waals surface area contributed by atoms with Gasteiger partial charge in [-0.1, -0.05) is 24.3 Å². The lowest BCUT2D eigenvalue weighted by Crippen LogP contribution is -2.22. The average molecular weight is 355 g/mol. The van der Waals surface area contributed by atoms with E-state index in [4.69, 9.17) is 9.15 Å². The van der Waals surface area contributed by atoms with E-state index in [1.54, 1.807) is 6.07 Å². The second kappa shape index (κ2) is 7.39. The zero-order valence-electron chi connectivity index (χ0n) is 14.5. The van der Waals surface area contributed by atoms with Crippen LogP contribution in [0, 0.1) is 19.7 Å². The van der Waals surface area contributed by atoms with Crippen molar-refractivity contribution < 1.29 is 23.1 Å². The monoisotopic (exact) mass is 355 g/mol. The summed E-state index contributed by atoms with van der Waals surface area (Å²) in [7, 11) is 0. The van der Waals surface area contributed by atoms with E-state index in [9.17, 15) is 14.0 Å². The number of hydrogen-bond acceptors (Lipinski definition) is 4. The number of amides is 1. The van der Waals surface area contributed by atoms with Gasteiger partial charge in [0.05, 0.1) is 18.4 Å². The van der Waals surface area contributed by atoms with Gasteiger partial charge in [-0.05, 0) is 37.1 Å². The standard InChI is InChI=1S/C20H18FNO4/c1-12-7-8-15-14(10-26-20(15)13(12)2)9-19(24)25-11-18(23)22-17-6-4-3-5-16(17)21/h3-8,10H,9,11H2,1-2H3,(H,22,23). The number of halogens is 1. The van der Waals surface area contributed by atoms with E-state index in [1.165, 1.54) is 24.5 Å². The highest BCUT2D eigenvalue weighted by molar-refractivity contribution is 5.93. The van der Waals surface area contributed by atoms with E-state index < -0.39 is 24.3 Å². The summed E-state index contributed by atoms with van der Waals surface area (Å²) >= 11 is 0. The molecule has 1 heterocycles. The van der Waals surface area contributed by atoms with Crippen LogP contribution < -0.4 is 5.32 Å². The Balaban J connectivity index is 1.59. The quantitative estimate of drug-likeness (QED) is 0.705. The van der Waals surface area contributed by atoms with Crippen molar-refractivity contribution in [3.63, 3.8) is 0 Å². The van der Waals surface area contributed by atoms with Crippen molar-refractivity contribution in [1.82, 2.24) is 0 Å². The van der Waals surface area contributed by atoms with Crippen molar-refractivity contribution in [3.05, 3.63) is 65.2 Å². The molecule has 26 heavy (non-hydrogen) atoms. The summed E-state index contributed by atoms with van der Waals surface area (Å²) in [6, 6.07) is 9.63. The Morgan fingerprint density at radius 2 is 1.92 bits per heavy atom. The summed E-state index contributed by atoms with van der Waals surface area (Å²) in [6.07, 6.45) is 1.51. The van der Waals surface area contributed by atoms with Gasteiger partial charge in [-0.25, -0.2) is 4.39 Å². The van der Waals surface area contributed by atoms with E-state index >= 15 is 0 Å². The first-order valence-corrected chi connectivity index (χ1v) is 8.12. The number of furan rings is 1. The normalized spacial score (nSPS) is 10.7. The fraction of sp³-hybridized carbons (Fsp3) is 0.200. The average Bonchev–Trinajstić information content (AvgIpc) is 3.02. The molecule has 0 aliphatic heterocycles. The maximum Gasteiger partial charge on any atom is 0.310 e. The minimum Gasteiger partial charge on any atom is -0.464 e. The molecule has 0 unspecified atom stereocenters. The third-order valence-corrected chi connectivity index (χ3v) is 4.19. The van der Waals surface area contributed by atoms with Crippen LogP contribution >= 0.6 is 0 Å². The van der Waals surface area contributed by atoms with Gasteiger partial charge in [-0.15, -0.1) is 0 Å². The number of fused-ring (bicyclic) bond motifs is 1. The highest BCUT2D eigenvalue weighted by Crippen LogP contribution is 2.26. The van der Waals surface area contributed by atoms with Gasteiger partial charge in [0.15, 0.2) is 6.61 Å². The van der Waals surface area contributed by atoms with Crippen molar-refractivity contribution in [3.8, 4) is 0 Å². The number of benzene rings is 2. The topological polar surface area (TPSA) is 68.5 Å². The van der Waals surface area contributed by atoms with Crippen molar-refractivity contribution in [2.45, 2.75) is 20.3 Å². The van der Waals surface area contributed by atoms with E-state index in [1.807, 2.05) is 26.0 Å². The molecule has 0 fully saturated rings. The van der Waals surface area contributed by atoms with E-state index in [2.05, 4.69) is 5.32 Å². The summed E-state index contributed by atoms with van der Waals surface area (Å²) in [5.41, 5.74) is 3.60. The molecule has 0 aliphatic carbocycles. The van der Waals surface area contributed by atoms with Gasteiger partial charge in [0.1, 0.15) is 11.4 Å². The van der Waals surface area contributed by atoms with Crippen LogP contribution in [0.15, 0.2) is 47.1 Å². The van der Waals surface area contributed by atoms with E-state index in [0.717, 1.165) is 22.1 Å². The summed E-state index contributed by atoms with van der Waals surface area (Å²) in [5, 5.41) is 3.21. The molecule has 0 saturated carbocycles. The number of rotatable bonds is 5. The van der Waals surface area contributed by atoms with Crippen molar-refractivity contribution in [2.24, 2.45) is 0 Å². The van der Waals surface area contributed by atoms with Gasteiger partial charge in [0, 0.05) is 10.9 Å². The van der Waals surface area contributed by atoms with Crippen LogP contribution in [0.2, 0.25) is 0 Å². The number of hydrogen-bond donors (Lipinski definition) is 1. The molecule has 6 heteroatoms. The number of ether oxygens (including phenoxy) is 1. The largest absolute Gasteiger partial charge is 0.464 e. The van der Waals surface area contributed by atoms with Crippen LogP contribution in [-0.2, 0) is 20.7 Å². The number of aryl methyl sites for hydroxylation is 2. The zero-order valence-corrected chi connectivity index (χ0v) is 14.5. The summed E-state index contributed by atoms with van der Waals surface area (Å²) in [6.45, 7) is 3.46. The third-order valence-electron chi connectivity index (χ3n) is 4.19. The first-order valence-electron chi connectivity index (χ1n) is 8.12. The number of esters is 1. The van der Waals surface area contributed by atoms with Gasteiger partial charge in [0.25, 0.3) is 5.91 Å². The van der Waals surface area contributed by atoms with Gasteiger partial charge < -0.3 is 14.5 Å². The Morgan fingerprint density at radius 1 is 1.15 bits per heavy atom. The molecule has 0 saturated heterocycles. The van der Waals surface area contributed by atoms with Crippen LogP contribution in [0.25, 0.3) is 11.0 Å². The van der Waals surface area contributed by atoms with Crippen LogP contribution in [0.3, 0.4) is 0 Å². The Hall–Kier alpha value is -3.15. The van der Waals surface area contributed by atoms with E-state index in [-0.39, 0.29) is 12.1 Å². The molecule has 134 valence electrons. The predicted octanol–water partition coefficient (Wildman–Crippen LogP) is 3.91. The highest BCUT2D eigenvalue weighted by Gasteiger charge is 2.15. The van der Waals surface area contributed by atoms with Gasteiger partial charge in [0.2, 0.25) is 0 Å². The van der Waals surface area contributed by atoms with E-state index in [0.29, 0.717) is 5.56 Å². The lowest BCUT2D eigenvalue weighted by Gasteiger charge is -2.07. The highest BCUT2D eigenvalue weighted by atomic mass is 19.1. The first-order chi connectivity index (χ1) is 12.5. The maximum absolute atomic E-state index is 13.5. The molecular formula is C20H18FNO4. The predicted molar refractivity (Wildman–Crippen MR) is 95.4 cm³/mol. The third kappa shape index (κ3) is 3.74. The summed E-state index contributed by atoms with van der Waals surface area (Å²) in [4.78, 5) is 23.8. The smallest absolute Gasteiger partial charge is 0.310 e. The number of para-hydroxylation sites is 1. The molecule has 0 spiro atoms. The van der Waals surface area contributed by atoms with Crippen LogP contribution in [0.1, 0.15) is 16.7 Å². The van der Waals surface area contributed by atoms with Crippen molar-refractivity contribution in [2.75, 3.05) is 11.9 Å². The fourth-order valence-electron chi connectivity index (χ4n) is 2.63. The molecule has 1 N–H and O–H groups in total. The fourth-order valence-corrected chi connectivity index (χ4v) is 2.63. The minimum atomic E-state index is -0.605. The van der Waals surface area contributed by atoms with Crippen molar-refractivity contribution in [1.29, 1.82) is 0 Å². The molecule has 5 nitrogen and oxygen atoms in total. The number of carbonyl (C=O) groups excluding carboxylic acids is 2. The molecule has 1 amide bonds.